The topological polar surface area (TPSA) is 153 Å². The Kier molecular flexibility index (Phi) is 7.66. The van der Waals surface area contributed by atoms with Gasteiger partial charge in [-0.3, -0.25) is 4.57 Å². The van der Waals surface area contributed by atoms with Gasteiger partial charge in [0.05, 0.1) is 22.2 Å². The highest BCUT2D eigenvalue weighted by molar-refractivity contribution is 7.89. The van der Waals surface area contributed by atoms with Crippen LogP contribution in [0.3, 0.4) is 0 Å². The van der Waals surface area contributed by atoms with Gasteiger partial charge in [-0.05, 0) is 58.3 Å². The van der Waals surface area contributed by atoms with E-state index in [4.69, 9.17) is 0 Å². The van der Waals surface area contributed by atoms with Crippen molar-refractivity contribution in [2.75, 3.05) is 40.3 Å². The van der Waals surface area contributed by atoms with Gasteiger partial charge in [0.2, 0.25) is 15.2 Å². The Labute approximate surface area is 267 Å². The molecule has 46 heavy (non-hydrogen) atoms. The molecule has 1 atom stereocenters. The number of amides is 2. The standard InChI is InChI=1S/C29H32F2N10O3S2/c1-38(2)18-7-12-40(14-18)28(42)39-10-5-17(6-11-39)23-22-20-4-3-19(46(43,44)37-29(15-32)8-9-29)13-21(20)41(25(22)34-16-33-23)27-36-35-26(45-27)24(30)31/h3-4,13,16-18,24,37H,5-12,14H2,1-2H3/t18-/m1/s1. The predicted molar refractivity (Wildman–Crippen MR) is 165 cm³/mol. The first-order valence-electron chi connectivity index (χ1n) is 15.1. The maximum atomic E-state index is 13.5. The SMILES string of the molecule is CN(C)[C@@H]1CCN(C(=O)N2CCC(c3ncnc4c3c3ccc(S(=O)(=O)NC5(C#N)CC5)cc3n4-c3nnc(C(F)F)s3)CC2)C1. The summed E-state index contributed by atoms with van der Waals surface area (Å²) in [7, 11) is -0.0251. The quantitative estimate of drug-likeness (QED) is 0.311. The number of halogens is 2. The zero-order chi connectivity index (χ0) is 32.4. The van der Waals surface area contributed by atoms with Gasteiger partial charge in [0.1, 0.15) is 11.9 Å². The largest absolute Gasteiger partial charge is 0.325 e. The first kappa shape index (κ1) is 30.8. The molecule has 2 aliphatic heterocycles. The van der Waals surface area contributed by atoms with E-state index in [0.29, 0.717) is 84.6 Å². The Balaban J connectivity index is 1.25. The van der Waals surface area contributed by atoms with E-state index < -0.39 is 27.0 Å². The number of hydrogen-bond acceptors (Lipinski definition) is 10. The van der Waals surface area contributed by atoms with E-state index in [1.807, 2.05) is 30.0 Å². The molecular weight excluding hydrogens is 639 g/mol. The number of aromatic nitrogens is 5. The Morgan fingerprint density at radius 3 is 2.50 bits per heavy atom. The maximum Gasteiger partial charge on any atom is 0.320 e. The second-order valence-corrected chi connectivity index (χ2v) is 15.1. The van der Waals surface area contributed by atoms with Crippen LogP contribution in [-0.4, -0.2) is 106 Å². The zero-order valence-corrected chi connectivity index (χ0v) is 26.9. The van der Waals surface area contributed by atoms with E-state index in [9.17, 15) is 27.3 Å². The predicted octanol–water partition coefficient (Wildman–Crippen LogP) is 3.63. The van der Waals surface area contributed by atoms with Crippen molar-refractivity contribution in [2.24, 2.45) is 0 Å². The van der Waals surface area contributed by atoms with Gasteiger partial charge in [-0.15, -0.1) is 10.2 Å². The Morgan fingerprint density at radius 2 is 1.87 bits per heavy atom. The second-order valence-electron chi connectivity index (χ2n) is 12.4. The number of rotatable bonds is 7. The monoisotopic (exact) mass is 670 g/mol. The number of alkyl halides is 2. The molecule has 4 aromatic rings. The molecule has 0 unspecified atom stereocenters. The molecule has 0 bridgehead atoms. The highest BCUT2D eigenvalue weighted by Crippen LogP contribution is 2.41. The van der Waals surface area contributed by atoms with Gasteiger partial charge >= 0.3 is 6.03 Å². The Hall–Kier alpha value is -3.85. The van der Waals surface area contributed by atoms with E-state index >= 15 is 0 Å². The summed E-state index contributed by atoms with van der Waals surface area (Å²) in [6.07, 6.45) is 1.70. The van der Waals surface area contributed by atoms with Crippen molar-refractivity contribution < 1.29 is 22.0 Å². The normalized spacial score (nSPS) is 20.3. The zero-order valence-electron chi connectivity index (χ0n) is 25.2. The molecule has 13 nitrogen and oxygen atoms in total. The number of fused-ring (bicyclic) bond motifs is 3. The molecule has 7 rings (SSSR count). The van der Waals surface area contributed by atoms with Gasteiger partial charge in [-0.2, -0.15) is 9.98 Å². The maximum absolute atomic E-state index is 13.5. The van der Waals surface area contributed by atoms with Crippen molar-refractivity contribution >= 4 is 49.3 Å². The van der Waals surface area contributed by atoms with Crippen molar-refractivity contribution in [3.8, 4) is 11.2 Å². The summed E-state index contributed by atoms with van der Waals surface area (Å²) >= 11 is 0.695. The number of nitriles is 1. The first-order valence-corrected chi connectivity index (χ1v) is 17.4. The average molecular weight is 671 g/mol. The van der Waals surface area contributed by atoms with Gasteiger partial charge in [0, 0.05) is 48.9 Å². The number of carbonyl (C=O) groups excluding carboxylic acids is 1. The number of piperidine rings is 1. The lowest BCUT2D eigenvalue weighted by molar-refractivity contribution is 0.145. The molecule has 242 valence electrons. The second kappa shape index (κ2) is 11.4. The first-order chi connectivity index (χ1) is 22.0. The summed E-state index contributed by atoms with van der Waals surface area (Å²) in [6.45, 7) is 2.55. The molecule has 1 aliphatic carbocycles. The number of likely N-dealkylation sites (tertiary alicyclic amines) is 2. The van der Waals surface area contributed by atoms with Crippen LogP contribution in [0.2, 0.25) is 0 Å². The van der Waals surface area contributed by atoms with Crippen molar-refractivity contribution in [1.29, 1.82) is 5.26 Å². The van der Waals surface area contributed by atoms with Crippen LogP contribution in [0.15, 0.2) is 29.4 Å². The summed E-state index contributed by atoms with van der Waals surface area (Å²) in [5.41, 5.74) is 0.392. The van der Waals surface area contributed by atoms with Crippen molar-refractivity contribution in [2.45, 2.75) is 60.9 Å². The Bertz CT molecular complexity index is 1980. The number of sulfonamides is 1. The lowest BCUT2D eigenvalue weighted by Crippen LogP contribution is -2.46. The summed E-state index contributed by atoms with van der Waals surface area (Å²) in [6, 6.07) is 6.99. The molecule has 3 fully saturated rings. The molecule has 1 aromatic carbocycles. The minimum Gasteiger partial charge on any atom is -0.325 e. The van der Waals surface area contributed by atoms with Crippen LogP contribution in [0.4, 0.5) is 13.6 Å². The van der Waals surface area contributed by atoms with Gasteiger partial charge in [0.15, 0.2) is 10.7 Å². The number of nitrogens with zero attached hydrogens (tertiary/aromatic N) is 9. The number of hydrogen-bond donors (Lipinski definition) is 1. The molecule has 1 N–H and O–H groups in total. The van der Waals surface area contributed by atoms with Crippen molar-refractivity contribution in [3.63, 3.8) is 0 Å². The van der Waals surface area contributed by atoms with Crippen LogP contribution < -0.4 is 4.72 Å². The van der Waals surface area contributed by atoms with E-state index in [1.54, 1.807) is 10.6 Å². The van der Waals surface area contributed by atoms with Crippen LogP contribution in [0.25, 0.3) is 27.1 Å². The minimum atomic E-state index is -4.08. The molecule has 5 heterocycles. The number of benzene rings is 1. The van der Waals surface area contributed by atoms with E-state index in [2.05, 4.69) is 29.8 Å². The van der Waals surface area contributed by atoms with Crippen LogP contribution in [0, 0.1) is 11.3 Å². The van der Waals surface area contributed by atoms with E-state index in [0.717, 1.165) is 18.7 Å². The van der Waals surface area contributed by atoms with Gasteiger partial charge in [0.25, 0.3) is 6.43 Å². The number of likely N-dealkylation sites (N-methyl/N-ethyl adjacent to an activating group) is 1. The number of nitrogens with one attached hydrogen (secondary N) is 1. The van der Waals surface area contributed by atoms with Crippen LogP contribution in [0.1, 0.15) is 55.1 Å². The third-order valence-electron chi connectivity index (χ3n) is 9.28. The molecule has 3 aliphatic rings. The fourth-order valence-corrected chi connectivity index (χ4v) is 8.59. The fourth-order valence-electron chi connectivity index (χ4n) is 6.47. The third kappa shape index (κ3) is 5.36. The number of carbonyl (C=O) groups is 1. The van der Waals surface area contributed by atoms with E-state index in [-0.39, 0.29) is 22.0 Å². The third-order valence-corrected chi connectivity index (χ3v) is 11.7. The fraction of sp³-hybridized carbons (Fsp3) is 0.517. The lowest BCUT2D eigenvalue weighted by Gasteiger charge is -2.34. The molecule has 17 heteroatoms. The molecule has 2 saturated heterocycles. The van der Waals surface area contributed by atoms with Crippen LogP contribution in [-0.2, 0) is 10.0 Å². The number of urea groups is 1. The summed E-state index contributed by atoms with van der Waals surface area (Å²) in [4.78, 5) is 28.4. The summed E-state index contributed by atoms with van der Waals surface area (Å²) in [5.74, 6) is -0.0248. The molecular formula is C29H32F2N10O3S2. The van der Waals surface area contributed by atoms with Crippen molar-refractivity contribution in [1.82, 2.24) is 44.2 Å². The lowest BCUT2D eigenvalue weighted by atomic mass is 9.91. The van der Waals surface area contributed by atoms with Crippen LogP contribution in [0.5, 0.6) is 0 Å². The average Bonchev–Trinajstić information content (AvgIpc) is 3.40. The summed E-state index contributed by atoms with van der Waals surface area (Å²) < 4.78 is 57.8. The minimum absolute atomic E-state index is 0.0248. The van der Waals surface area contributed by atoms with Crippen molar-refractivity contribution in [3.05, 3.63) is 35.2 Å². The molecule has 1 saturated carbocycles. The molecule has 0 radical (unpaired) electrons. The van der Waals surface area contributed by atoms with Gasteiger partial charge in [-0.1, -0.05) is 17.4 Å². The smallest absolute Gasteiger partial charge is 0.320 e. The highest BCUT2D eigenvalue weighted by atomic mass is 32.2. The molecule has 3 aromatic heterocycles. The van der Waals surface area contributed by atoms with Gasteiger partial charge < -0.3 is 14.7 Å². The van der Waals surface area contributed by atoms with E-state index in [1.165, 1.54) is 18.5 Å². The molecule has 2 amide bonds. The van der Waals surface area contributed by atoms with Gasteiger partial charge in [-0.25, -0.2) is 32.0 Å². The Morgan fingerprint density at radius 1 is 1.13 bits per heavy atom. The summed E-state index contributed by atoms with van der Waals surface area (Å²) in [5, 5.41) is 18.1. The molecule has 0 spiro atoms. The van der Waals surface area contributed by atoms with Crippen LogP contribution >= 0.6 is 11.3 Å². The highest BCUT2D eigenvalue weighted by Gasteiger charge is 2.47.